The summed E-state index contributed by atoms with van der Waals surface area (Å²) in [6.07, 6.45) is 0. The molecule has 8 nitrogen and oxygen atoms in total. The molecule has 0 aliphatic rings. The summed E-state index contributed by atoms with van der Waals surface area (Å²) in [4.78, 5) is 10.6. The van der Waals surface area contributed by atoms with Gasteiger partial charge in [0.1, 0.15) is 5.69 Å². The summed E-state index contributed by atoms with van der Waals surface area (Å²) in [5, 5.41) is 11.7. The van der Waals surface area contributed by atoms with Crippen LogP contribution in [0, 0.1) is 6.92 Å². The molecular weight excluding hydrogens is 262 g/mol. The highest BCUT2D eigenvalue weighted by Crippen LogP contribution is 2.10. The van der Waals surface area contributed by atoms with Crippen LogP contribution in [-0.2, 0) is 9.47 Å². The number of ether oxygens (including phenoxy) is 2. The van der Waals surface area contributed by atoms with Crippen molar-refractivity contribution in [3.05, 3.63) is 17.5 Å². The zero-order valence-corrected chi connectivity index (χ0v) is 12.0. The topological polar surface area (TPSA) is 106 Å². The molecular formula is C12H21N5O3. The van der Waals surface area contributed by atoms with Crippen LogP contribution in [0.4, 0.5) is 5.95 Å². The molecule has 8 heteroatoms. The first-order chi connectivity index (χ1) is 9.62. The minimum atomic E-state index is -0.0461. The first-order valence-corrected chi connectivity index (χ1v) is 6.18. The molecule has 0 spiro atoms. The van der Waals surface area contributed by atoms with E-state index in [1.165, 1.54) is 0 Å². The molecule has 0 saturated carbocycles. The third-order valence-electron chi connectivity index (χ3n) is 2.63. The van der Waals surface area contributed by atoms with Gasteiger partial charge < -0.3 is 25.3 Å². The van der Waals surface area contributed by atoms with Gasteiger partial charge in [-0.1, -0.05) is 5.16 Å². The number of rotatable bonds is 8. The van der Waals surface area contributed by atoms with E-state index in [1.54, 1.807) is 20.3 Å². The molecule has 0 aliphatic carbocycles. The lowest BCUT2D eigenvalue weighted by atomic mass is 10.3. The van der Waals surface area contributed by atoms with Crippen molar-refractivity contribution in [3.8, 4) is 0 Å². The summed E-state index contributed by atoms with van der Waals surface area (Å²) in [6.45, 7) is 4.15. The molecule has 0 radical (unpaired) electrons. The summed E-state index contributed by atoms with van der Waals surface area (Å²) in [7, 11) is 3.26. The lowest BCUT2D eigenvalue weighted by Crippen LogP contribution is -2.33. The molecule has 0 amide bonds. The van der Waals surface area contributed by atoms with E-state index in [-0.39, 0.29) is 5.84 Å². The van der Waals surface area contributed by atoms with Crippen LogP contribution in [0.15, 0.2) is 11.2 Å². The SMILES string of the molecule is COCCN(CCOC)c1nc(C)cc(/C(N)=N/O)n1. The highest BCUT2D eigenvalue weighted by Gasteiger charge is 2.13. The standard InChI is InChI=1S/C12H21N5O3/c1-9-8-10(11(13)16-18)15-12(14-9)17(4-6-19-2)5-7-20-3/h8,18H,4-7H2,1-3H3,(H2,13,16). The van der Waals surface area contributed by atoms with Crippen molar-refractivity contribution in [1.82, 2.24) is 9.97 Å². The van der Waals surface area contributed by atoms with E-state index in [0.717, 1.165) is 5.69 Å². The van der Waals surface area contributed by atoms with Crippen LogP contribution in [0.5, 0.6) is 0 Å². The maximum Gasteiger partial charge on any atom is 0.226 e. The van der Waals surface area contributed by atoms with Gasteiger partial charge in [0.25, 0.3) is 0 Å². The van der Waals surface area contributed by atoms with Crippen molar-refractivity contribution < 1.29 is 14.7 Å². The fraction of sp³-hybridized carbons (Fsp3) is 0.583. The van der Waals surface area contributed by atoms with Crippen LogP contribution in [0.25, 0.3) is 0 Å². The Bertz CT molecular complexity index is 445. The molecule has 1 heterocycles. The average molecular weight is 283 g/mol. The maximum absolute atomic E-state index is 8.74. The van der Waals surface area contributed by atoms with E-state index in [0.29, 0.717) is 37.9 Å². The van der Waals surface area contributed by atoms with Gasteiger partial charge in [0.15, 0.2) is 5.84 Å². The third-order valence-corrected chi connectivity index (χ3v) is 2.63. The second-order valence-electron chi connectivity index (χ2n) is 4.15. The molecule has 0 fully saturated rings. The molecule has 0 unspecified atom stereocenters. The third kappa shape index (κ3) is 4.63. The number of anilines is 1. The number of oxime groups is 1. The summed E-state index contributed by atoms with van der Waals surface area (Å²) in [6, 6.07) is 1.66. The van der Waals surface area contributed by atoms with Crippen LogP contribution in [0.1, 0.15) is 11.4 Å². The van der Waals surface area contributed by atoms with Crippen molar-refractivity contribution >= 4 is 11.8 Å². The van der Waals surface area contributed by atoms with E-state index in [4.69, 9.17) is 20.4 Å². The Morgan fingerprint density at radius 1 is 1.30 bits per heavy atom. The van der Waals surface area contributed by atoms with E-state index < -0.39 is 0 Å². The molecule has 3 N–H and O–H groups in total. The summed E-state index contributed by atoms with van der Waals surface area (Å²) >= 11 is 0. The van der Waals surface area contributed by atoms with Crippen molar-refractivity contribution in [1.29, 1.82) is 0 Å². The van der Waals surface area contributed by atoms with E-state index >= 15 is 0 Å². The van der Waals surface area contributed by atoms with Crippen LogP contribution >= 0.6 is 0 Å². The van der Waals surface area contributed by atoms with E-state index in [2.05, 4.69) is 15.1 Å². The number of aromatic nitrogens is 2. The van der Waals surface area contributed by atoms with Gasteiger partial charge in [-0.2, -0.15) is 0 Å². The van der Waals surface area contributed by atoms with Crippen LogP contribution in [0.3, 0.4) is 0 Å². The van der Waals surface area contributed by atoms with Crippen LogP contribution in [0.2, 0.25) is 0 Å². The van der Waals surface area contributed by atoms with Gasteiger partial charge in [0, 0.05) is 33.0 Å². The van der Waals surface area contributed by atoms with E-state index in [1.807, 2.05) is 11.8 Å². The quantitative estimate of drug-likeness (QED) is 0.299. The first-order valence-electron chi connectivity index (χ1n) is 6.18. The zero-order valence-electron chi connectivity index (χ0n) is 12.0. The summed E-state index contributed by atoms with van der Waals surface area (Å²) < 4.78 is 10.2. The van der Waals surface area contributed by atoms with Crippen molar-refractivity contribution in [2.45, 2.75) is 6.92 Å². The fourth-order valence-electron chi connectivity index (χ4n) is 1.59. The predicted octanol–water partition coefficient (Wildman–Crippen LogP) is -0.0213. The Kier molecular flexibility index (Phi) is 6.68. The molecule has 1 aromatic rings. The number of nitrogens with zero attached hydrogens (tertiary/aromatic N) is 4. The molecule has 0 bridgehead atoms. The zero-order chi connectivity index (χ0) is 15.0. The second kappa shape index (κ2) is 8.28. The average Bonchev–Trinajstić information content (AvgIpc) is 2.45. The number of hydrogen-bond donors (Lipinski definition) is 2. The first kappa shape index (κ1) is 16.1. The lowest BCUT2D eigenvalue weighted by Gasteiger charge is -2.22. The van der Waals surface area contributed by atoms with Gasteiger partial charge >= 0.3 is 0 Å². The number of aryl methyl sites for hydroxylation is 1. The van der Waals surface area contributed by atoms with Gasteiger partial charge in [0.2, 0.25) is 5.95 Å². The second-order valence-corrected chi connectivity index (χ2v) is 4.15. The Hall–Kier alpha value is -1.93. The Labute approximate surface area is 118 Å². The normalized spacial score (nSPS) is 11.7. The molecule has 1 rings (SSSR count). The molecule has 0 aliphatic heterocycles. The fourth-order valence-corrected chi connectivity index (χ4v) is 1.59. The van der Waals surface area contributed by atoms with Crippen molar-refractivity contribution in [2.24, 2.45) is 10.9 Å². The molecule has 0 saturated heterocycles. The number of methoxy groups -OCH3 is 2. The highest BCUT2D eigenvalue weighted by molar-refractivity contribution is 5.95. The van der Waals surface area contributed by atoms with Gasteiger partial charge in [-0.25, -0.2) is 9.97 Å². The summed E-state index contributed by atoms with van der Waals surface area (Å²) in [5.41, 5.74) is 6.69. The Morgan fingerprint density at radius 2 is 1.90 bits per heavy atom. The van der Waals surface area contributed by atoms with Crippen LogP contribution < -0.4 is 10.6 Å². The van der Waals surface area contributed by atoms with E-state index in [9.17, 15) is 0 Å². The van der Waals surface area contributed by atoms with Gasteiger partial charge in [0.05, 0.1) is 13.2 Å². The van der Waals surface area contributed by atoms with Gasteiger partial charge in [-0.15, -0.1) is 0 Å². The highest BCUT2D eigenvalue weighted by atomic mass is 16.5. The van der Waals surface area contributed by atoms with Gasteiger partial charge in [-0.05, 0) is 13.0 Å². The molecule has 112 valence electrons. The summed E-state index contributed by atoms with van der Waals surface area (Å²) in [5.74, 6) is 0.455. The largest absolute Gasteiger partial charge is 0.409 e. The van der Waals surface area contributed by atoms with Crippen molar-refractivity contribution in [3.63, 3.8) is 0 Å². The monoisotopic (exact) mass is 283 g/mol. The number of nitrogens with two attached hydrogens (primary N) is 1. The Morgan fingerprint density at radius 3 is 2.40 bits per heavy atom. The number of hydrogen-bond acceptors (Lipinski definition) is 7. The Balaban J connectivity index is 3.01. The number of amidine groups is 1. The van der Waals surface area contributed by atoms with Crippen molar-refractivity contribution in [2.75, 3.05) is 45.4 Å². The minimum Gasteiger partial charge on any atom is -0.409 e. The smallest absolute Gasteiger partial charge is 0.226 e. The predicted molar refractivity (Wildman–Crippen MR) is 75.2 cm³/mol. The molecule has 0 aromatic carbocycles. The minimum absolute atomic E-state index is 0.0461. The van der Waals surface area contributed by atoms with Crippen LogP contribution in [-0.4, -0.2) is 61.5 Å². The molecule has 1 aromatic heterocycles. The maximum atomic E-state index is 8.74. The molecule has 20 heavy (non-hydrogen) atoms. The molecule has 0 atom stereocenters. The van der Waals surface area contributed by atoms with Gasteiger partial charge in [-0.3, -0.25) is 0 Å². The lowest BCUT2D eigenvalue weighted by molar-refractivity contribution is 0.189.